The van der Waals surface area contributed by atoms with Crippen molar-refractivity contribution in [1.82, 2.24) is 0 Å². The Kier molecular flexibility index (Phi) is 1.86. The molecule has 0 spiro atoms. The number of hydrogen-bond donors (Lipinski definition) is 0. The Balaban J connectivity index is 2.24. The van der Waals surface area contributed by atoms with Gasteiger partial charge in [0.05, 0.1) is 13.2 Å². The van der Waals surface area contributed by atoms with E-state index in [4.69, 9.17) is 9.78 Å². The van der Waals surface area contributed by atoms with Crippen LogP contribution in [0.25, 0.3) is 0 Å². The fourth-order valence-corrected chi connectivity index (χ4v) is 0.704. The van der Waals surface area contributed by atoms with Crippen molar-refractivity contribution in [1.29, 1.82) is 0 Å². The Bertz CT molecular complexity index is 64.9. The second-order valence-corrected chi connectivity index (χ2v) is 2.57. The smallest absolute Gasteiger partial charge is 0.0876 e. The minimum absolute atomic E-state index is 0.620. The first-order chi connectivity index (χ1) is 3.80. The van der Waals surface area contributed by atoms with Crippen LogP contribution in [0.1, 0.15) is 13.8 Å². The van der Waals surface area contributed by atoms with Crippen LogP contribution in [0.3, 0.4) is 0 Å². The molecule has 0 atom stereocenters. The van der Waals surface area contributed by atoms with E-state index < -0.39 is 0 Å². The van der Waals surface area contributed by atoms with Crippen LogP contribution in [-0.2, 0) is 9.78 Å². The highest BCUT2D eigenvalue weighted by Gasteiger charge is 2.19. The topological polar surface area (TPSA) is 18.5 Å². The lowest BCUT2D eigenvalue weighted by Crippen LogP contribution is -2.10. The molecule has 0 aliphatic carbocycles. The van der Waals surface area contributed by atoms with Gasteiger partial charge in [0.1, 0.15) is 0 Å². The van der Waals surface area contributed by atoms with Crippen molar-refractivity contribution < 1.29 is 9.78 Å². The van der Waals surface area contributed by atoms with E-state index in [0.29, 0.717) is 11.8 Å². The van der Waals surface area contributed by atoms with E-state index in [-0.39, 0.29) is 0 Å². The first kappa shape index (κ1) is 6.05. The highest BCUT2D eigenvalue weighted by atomic mass is 17.2. The van der Waals surface area contributed by atoms with Gasteiger partial charge in [0, 0.05) is 5.92 Å². The number of rotatable bonds is 1. The lowest BCUT2D eigenvalue weighted by Gasteiger charge is -2.07. The van der Waals surface area contributed by atoms with Crippen LogP contribution < -0.4 is 0 Å². The zero-order valence-corrected chi connectivity index (χ0v) is 5.39. The standard InChI is InChI=1S/C6H12O2/c1-5(2)6-3-7-8-4-6/h5-6H,3-4H2,1-2H3. The van der Waals surface area contributed by atoms with Gasteiger partial charge in [-0.15, -0.1) is 0 Å². The van der Waals surface area contributed by atoms with Crippen molar-refractivity contribution in [3.63, 3.8) is 0 Å². The third-order valence-electron chi connectivity index (χ3n) is 1.59. The molecule has 1 aliphatic heterocycles. The maximum absolute atomic E-state index is 4.72. The third-order valence-corrected chi connectivity index (χ3v) is 1.59. The van der Waals surface area contributed by atoms with Gasteiger partial charge in [0.15, 0.2) is 0 Å². The normalized spacial score (nSPS) is 22.9. The Hall–Kier alpha value is -0.0800. The zero-order valence-electron chi connectivity index (χ0n) is 5.39. The SMILES string of the molecule is CC(C)C1COOC1. The van der Waals surface area contributed by atoms with Crippen molar-refractivity contribution in [2.45, 2.75) is 13.8 Å². The summed E-state index contributed by atoms with van der Waals surface area (Å²) in [5, 5.41) is 0. The predicted molar refractivity (Wildman–Crippen MR) is 30.2 cm³/mol. The summed E-state index contributed by atoms with van der Waals surface area (Å²) >= 11 is 0. The molecule has 0 radical (unpaired) electrons. The van der Waals surface area contributed by atoms with Crippen LogP contribution in [0.15, 0.2) is 0 Å². The highest BCUT2D eigenvalue weighted by molar-refractivity contribution is 4.62. The minimum atomic E-state index is 0.620. The van der Waals surface area contributed by atoms with Crippen LogP contribution >= 0.6 is 0 Å². The average Bonchev–Trinajstić information content (AvgIpc) is 2.12. The van der Waals surface area contributed by atoms with E-state index in [0.717, 1.165) is 13.2 Å². The molecule has 0 unspecified atom stereocenters. The van der Waals surface area contributed by atoms with Gasteiger partial charge in [-0.2, -0.15) is 0 Å². The molecule has 0 saturated carbocycles. The first-order valence-electron chi connectivity index (χ1n) is 3.05. The molecule has 48 valence electrons. The molecule has 0 amide bonds. The fourth-order valence-electron chi connectivity index (χ4n) is 0.704. The third kappa shape index (κ3) is 1.20. The largest absolute Gasteiger partial charge is 0.236 e. The summed E-state index contributed by atoms with van der Waals surface area (Å²) in [6.07, 6.45) is 0. The Morgan fingerprint density at radius 3 is 2.00 bits per heavy atom. The summed E-state index contributed by atoms with van der Waals surface area (Å²) in [5.41, 5.74) is 0. The van der Waals surface area contributed by atoms with E-state index in [1.165, 1.54) is 0 Å². The van der Waals surface area contributed by atoms with E-state index in [1.807, 2.05) is 0 Å². The van der Waals surface area contributed by atoms with E-state index >= 15 is 0 Å². The molecule has 2 nitrogen and oxygen atoms in total. The maximum Gasteiger partial charge on any atom is 0.0876 e. The van der Waals surface area contributed by atoms with Crippen LogP contribution in [0.4, 0.5) is 0 Å². The molecule has 8 heavy (non-hydrogen) atoms. The lowest BCUT2D eigenvalue weighted by atomic mass is 9.99. The highest BCUT2D eigenvalue weighted by Crippen LogP contribution is 2.16. The molecule has 0 aromatic carbocycles. The zero-order chi connectivity index (χ0) is 5.98. The molecular weight excluding hydrogens is 104 g/mol. The second-order valence-electron chi connectivity index (χ2n) is 2.57. The lowest BCUT2D eigenvalue weighted by molar-refractivity contribution is -0.248. The van der Waals surface area contributed by atoms with Crippen LogP contribution in [0, 0.1) is 11.8 Å². The molecule has 0 N–H and O–H groups in total. The van der Waals surface area contributed by atoms with Gasteiger partial charge in [-0.25, -0.2) is 9.78 Å². The molecule has 0 aromatic heterocycles. The van der Waals surface area contributed by atoms with Gasteiger partial charge in [-0.05, 0) is 5.92 Å². The first-order valence-corrected chi connectivity index (χ1v) is 3.05. The quantitative estimate of drug-likeness (QED) is 0.479. The van der Waals surface area contributed by atoms with Crippen molar-refractivity contribution in [3.05, 3.63) is 0 Å². The molecule has 1 heterocycles. The van der Waals surface area contributed by atoms with Gasteiger partial charge in [0.2, 0.25) is 0 Å². The molecule has 0 aromatic rings. The van der Waals surface area contributed by atoms with E-state index in [9.17, 15) is 0 Å². The van der Waals surface area contributed by atoms with E-state index in [2.05, 4.69) is 13.8 Å². The fraction of sp³-hybridized carbons (Fsp3) is 1.00. The molecule has 1 fully saturated rings. The van der Waals surface area contributed by atoms with Crippen LogP contribution in [0.2, 0.25) is 0 Å². The van der Waals surface area contributed by atoms with Gasteiger partial charge >= 0.3 is 0 Å². The van der Waals surface area contributed by atoms with Crippen molar-refractivity contribution in [3.8, 4) is 0 Å². The monoisotopic (exact) mass is 116 g/mol. The van der Waals surface area contributed by atoms with E-state index in [1.54, 1.807) is 0 Å². The van der Waals surface area contributed by atoms with Crippen molar-refractivity contribution in [2.75, 3.05) is 13.2 Å². The van der Waals surface area contributed by atoms with Crippen molar-refractivity contribution >= 4 is 0 Å². The van der Waals surface area contributed by atoms with Crippen LogP contribution in [0.5, 0.6) is 0 Å². The van der Waals surface area contributed by atoms with Crippen LogP contribution in [-0.4, -0.2) is 13.2 Å². The van der Waals surface area contributed by atoms with Gasteiger partial charge in [-0.1, -0.05) is 13.8 Å². The summed E-state index contributed by atoms with van der Waals surface area (Å²) in [5.74, 6) is 1.31. The van der Waals surface area contributed by atoms with Crippen molar-refractivity contribution in [2.24, 2.45) is 11.8 Å². The average molecular weight is 116 g/mol. The molecule has 1 saturated heterocycles. The Morgan fingerprint density at radius 2 is 1.75 bits per heavy atom. The second kappa shape index (κ2) is 2.46. The minimum Gasteiger partial charge on any atom is -0.236 e. The maximum atomic E-state index is 4.72. The van der Waals surface area contributed by atoms with Gasteiger partial charge < -0.3 is 0 Å². The summed E-state index contributed by atoms with van der Waals surface area (Å²) in [6.45, 7) is 5.92. The predicted octanol–water partition coefficient (Wildman–Crippen LogP) is 1.22. The Labute approximate surface area is 49.7 Å². The van der Waals surface area contributed by atoms with Gasteiger partial charge in [0.25, 0.3) is 0 Å². The van der Waals surface area contributed by atoms with Gasteiger partial charge in [-0.3, -0.25) is 0 Å². The molecule has 2 heteroatoms. The summed E-state index contributed by atoms with van der Waals surface area (Å²) in [4.78, 5) is 9.44. The molecule has 0 bridgehead atoms. The Morgan fingerprint density at radius 1 is 1.25 bits per heavy atom. The number of hydrogen-bond acceptors (Lipinski definition) is 2. The molecule has 1 rings (SSSR count). The molecule has 1 aliphatic rings. The summed E-state index contributed by atoms with van der Waals surface area (Å²) < 4.78 is 0. The molecular formula is C6H12O2. The summed E-state index contributed by atoms with van der Waals surface area (Å²) in [6, 6.07) is 0. The summed E-state index contributed by atoms with van der Waals surface area (Å²) in [7, 11) is 0.